The second-order valence-electron chi connectivity index (χ2n) is 5.90. The minimum absolute atomic E-state index is 0.154. The largest absolute Gasteiger partial charge is 0.336 e. The first-order chi connectivity index (χ1) is 9.97. The predicted molar refractivity (Wildman–Crippen MR) is 89.8 cm³/mol. The smallest absolute Gasteiger partial charge is 0.254 e. The molecule has 1 aliphatic rings. The van der Waals surface area contributed by atoms with E-state index in [0.717, 1.165) is 54.9 Å². The van der Waals surface area contributed by atoms with Crippen LogP contribution in [0.1, 0.15) is 15.9 Å². The molecule has 1 saturated heterocycles. The van der Waals surface area contributed by atoms with E-state index in [0.29, 0.717) is 0 Å². The van der Waals surface area contributed by atoms with Gasteiger partial charge in [-0.05, 0) is 38.7 Å². The summed E-state index contributed by atoms with van der Waals surface area (Å²) < 4.78 is 0.959. The van der Waals surface area contributed by atoms with E-state index in [1.54, 1.807) is 0 Å². The van der Waals surface area contributed by atoms with Gasteiger partial charge in [-0.3, -0.25) is 9.69 Å². The number of amides is 1. The van der Waals surface area contributed by atoms with Crippen molar-refractivity contribution in [2.24, 2.45) is 0 Å². The number of hydrogen-bond donors (Lipinski definition) is 0. The Morgan fingerprint density at radius 1 is 1.24 bits per heavy atom. The zero-order chi connectivity index (χ0) is 15.4. The fourth-order valence-electron chi connectivity index (χ4n) is 2.51. The van der Waals surface area contributed by atoms with Crippen molar-refractivity contribution in [3.63, 3.8) is 0 Å². The fourth-order valence-corrected chi connectivity index (χ4v) is 2.87. The molecule has 1 aliphatic heterocycles. The first-order valence-electron chi connectivity index (χ1n) is 7.40. The lowest BCUT2D eigenvalue weighted by molar-refractivity contribution is 0.0629. The molecule has 4 nitrogen and oxygen atoms in total. The quantitative estimate of drug-likeness (QED) is 0.828. The zero-order valence-corrected chi connectivity index (χ0v) is 14.7. The highest BCUT2D eigenvalue weighted by atomic mass is 79.9. The van der Waals surface area contributed by atoms with E-state index in [1.165, 1.54) is 0 Å². The molecule has 5 heteroatoms. The number of halogens is 1. The van der Waals surface area contributed by atoms with Gasteiger partial charge in [-0.1, -0.05) is 22.0 Å². The van der Waals surface area contributed by atoms with Gasteiger partial charge < -0.3 is 9.80 Å². The van der Waals surface area contributed by atoms with E-state index in [1.807, 2.05) is 30.0 Å². The van der Waals surface area contributed by atoms with Crippen LogP contribution in [-0.2, 0) is 0 Å². The number of aryl methyl sites for hydroxylation is 1. The van der Waals surface area contributed by atoms with Crippen molar-refractivity contribution in [2.75, 3.05) is 53.4 Å². The van der Waals surface area contributed by atoms with Crippen molar-refractivity contribution in [3.05, 3.63) is 33.8 Å². The Kier molecular flexibility index (Phi) is 5.79. The summed E-state index contributed by atoms with van der Waals surface area (Å²) in [7, 11) is 4.19. The Labute approximate surface area is 135 Å². The number of nitrogens with zero attached hydrogens (tertiary/aromatic N) is 3. The second-order valence-corrected chi connectivity index (χ2v) is 6.81. The van der Waals surface area contributed by atoms with Gasteiger partial charge in [-0.25, -0.2) is 0 Å². The summed E-state index contributed by atoms with van der Waals surface area (Å²) in [5.74, 6) is 0.154. The molecule has 0 spiro atoms. The minimum Gasteiger partial charge on any atom is -0.336 e. The normalized spacial score (nSPS) is 16.5. The topological polar surface area (TPSA) is 26.8 Å². The van der Waals surface area contributed by atoms with Crippen molar-refractivity contribution >= 4 is 21.8 Å². The lowest BCUT2D eigenvalue weighted by Gasteiger charge is -2.35. The maximum atomic E-state index is 12.6. The SMILES string of the molecule is Cc1ccc(Br)cc1C(=O)N1CCN(CCN(C)C)CC1. The van der Waals surface area contributed by atoms with Gasteiger partial charge in [0.1, 0.15) is 0 Å². The van der Waals surface area contributed by atoms with Crippen molar-refractivity contribution in [3.8, 4) is 0 Å². The van der Waals surface area contributed by atoms with Gasteiger partial charge in [0.2, 0.25) is 0 Å². The van der Waals surface area contributed by atoms with Crippen molar-refractivity contribution in [1.82, 2.24) is 14.7 Å². The summed E-state index contributed by atoms with van der Waals surface area (Å²) in [5, 5.41) is 0. The summed E-state index contributed by atoms with van der Waals surface area (Å²) in [6.45, 7) is 7.70. The van der Waals surface area contributed by atoms with Gasteiger partial charge in [-0.2, -0.15) is 0 Å². The number of carbonyl (C=O) groups is 1. The summed E-state index contributed by atoms with van der Waals surface area (Å²) in [5.41, 5.74) is 1.85. The number of piperazine rings is 1. The molecule has 1 fully saturated rings. The van der Waals surface area contributed by atoms with Gasteiger partial charge in [-0.15, -0.1) is 0 Å². The van der Waals surface area contributed by atoms with Crippen LogP contribution in [-0.4, -0.2) is 74.0 Å². The Bertz CT molecular complexity index is 496. The van der Waals surface area contributed by atoms with E-state index >= 15 is 0 Å². The number of benzene rings is 1. The van der Waals surface area contributed by atoms with E-state index in [9.17, 15) is 4.79 Å². The molecule has 0 saturated carbocycles. The van der Waals surface area contributed by atoms with Crippen LogP contribution < -0.4 is 0 Å². The molecule has 1 heterocycles. The lowest BCUT2D eigenvalue weighted by atomic mass is 10.1. The molecule has 0 unspecified atom stereocenters. The van der Waals surface area contributed by atoms with E-state index < -0.39 is 0 Å². The van der Waals surface area contributed by atoms with Gasteiger partial charge in [0, 0.05) is 49.3 Å². The van der Waals surface area contributed by atoms with Gasteiger partial charge >= 0.3 is 0 Å². The molecular formula is C16H24BrN3O. The van der Waals surface area contributed by atoms with Gasteiger partial charge in [0.25, 0.3) is 5.91 Å². The van der Waals surface area contributed by atoms with Crippen LogP contribution in [0.25, 0.3) is 0 Å². The summed E-state index contributed by atoms with van der Waals surface area (Å²) in [4.78, 5) is 19.2. The van der Waals surface area contributed by atoms with Gasteiger partial charge in [0.05, 0.1) is 0 Å². The van der Waals surface area contributed by atoms with Crippen molar-refractivity contribution in [2.45, 2.75) is 6.92 Å². The average Bonchev–Trinajstić information content (AvgIpc) is 2.47. The van der Waals surface area contributed by atoms with Crippen LogP contribution in [0.5, 0.6) is 0 Å². The highest BCUT2D eigenvalue weighted by Crippen LogP contribution is 2.18. The molecule has 0 aromatic heterocycles. The second kappa shape index (κ2) is 7.38. The third kappa shape index (κ3) is 4.53. The highest BCUT2D eigenvalue weighted by molar-refractivity contribution is 9.10. The molecule has 2 rings (SSSR count). The number of rotatable bonds is 4. The van der Waals surface area contributed by atoms with Crippen LogP contribution in [0.3, 0.4) is 0 Å². The Morgan fingerprint density at radius 2 is 1.90 bits per heavy atom. The number of carbonyl (C=O) groups excluding carboxylic acids is 1. The molecule has 0 atom stereocenters. The van der Waals surface area contributed by atoms with Crippen LogP contribution in [0, 0.1) is 6.92 Å². The van der Waals surface area contributed by atoms with Crippen molar-refractivity contribution < 1.29 is 4.79 Å². The molecule has 1 aromatic carbocycles. The maximum Gasteiger partial charge on any atom is 0.254 e. The molecule has 0 radical (unpaired) electrons. The van der Waals surface area contributed by atoms with Crippen LogP contribution in [0.4, 0.5) is 0 Å². The van der Waals surface area contributed by atoms with Crippen LogP contribution in [0.15, 0.2) is 22.7 Å². The molecular weight excluding hydrogens is 330 g/mol. The number of likely N-dealkylation sites (N-methyl/N-ethyl adjacent to an activating group) is 1. The average molecular weight is 354 g/mol. The molecule has 1 aromatic rings. The zero-order valence-electron chi connectivity index (χ0n) is 13.1. The summed E-state index contributed by atoms with van der Waals surface area (Å²) in [6, 6.07) is 5.89. The lowest BCUT2D eigenvalue weighted by Crippen LogP contribution is -2.50. The minimum atomic E-state index is 0.154. The van der Waals surface area contributed by atoms with Crippen molar-refractivity contribution in [1.29, 1.82) is 0 Å². The van der Waals surface area contributed by atoms with E-state index in [4.69, 9.17) is 0 Å². The first-order valence-corrected chi connectivity index (χ1v) is 8.19. The fraction of sp³-hybridized carbons (Fsp3) is 0.562. The number of hydrogen-bond acceptors (Lipinski definition) is 3. The Balaban J connectivity index is 1.92. The molecule has 1 amide bonds. The maximum absolute atomic E-state index is 12.6. The van der Waals surface area contributed by atoms with E-state index in [-0.39, 0.29) is 5.91 Å². The molecule has 116 valence electrons. The standard InChI is InChI=1S/C16H24BrN3O/c1-13-4-5-14(17)12-15(13)16(21)20-10-8-19(9-11-20)7-6-18(2)3/h4-5,12H,6-11H2,1-3H3. The Hall–Kier alpha value is -0.910. The first kappa shape index (κ1) is 16.5. The summed E-state index contributed by atoms with van der Waals surface area (Å²) >= 11 is 3.45. The predicted octanol–water partition coefficient (Wildman–Crippen LogP) is 2.08. The van der Waals surface area contributed by atoms with E-state index in [2.05, 4.69) is 39.8 Å². The molecule has 0 aliphatic carbocycles. The van der Waals surface area contributed by atoms with Crippen LogP contribution in [0.2, 0.25) is 0 Å². The molecule has 21 heavy (non-hydrogen) atoms. The summed E-state index contributed by atoms with van der Waals surface area (Å²) in [6.07, 6.45) is 0. The monoisotopic (exact) mass is 353 g/mol. The molecule has 0 bridgehead atoms. The third-order valence-electron chi connectivity index (χ3n) is 3.95. The van der Waals surface area contributed by atoms with Crippen LogP contribution >= 0.6 is 15.9 Å². The third-order valence-corrected chi connectivity index (χ3v) is 4.45. The molecule has 0 N–H and O–H groups in total. The Morgan fingerprint density at radius 3 is 2.52 bits per heavy atom. The van der Waals surface area contributed by atoms with Gasteiger partial charge in [0.15, 0.2) is 0 Å². The highest BCUT2D eigenvalue weighted by Gasteiger charge is 2.23.